The van der Waals surface area contributed by atoms with E-state index in [-0.39, 0.29) is 0 Å². The summed E-state index contributed by atoms with van der Waals surface area (Å²) in [6.45, 7) is 4.21. The van der Waals surface area contributed by atoms with Gasteiger partial charge in [0.15, 0.2) is 0 Å². The summed E-state index contributed by atoms with van der Waals surface area (Å²) in [5, 5.41) is 0. The van der Waals surface area contributed by atoms with E-state index in [4.69, 9.17) is 13.8 Å². The van der Waals surface area contributed by atoms with Crippen LogP contribution in [0.4, 0.5) is 0 Å². The van der Waals surface area contributed by atoms with Crippen LogP contribution in [0, 0.1) is 0 Å². The van der Waals surface area contributed by atoms with Crippen molar-refractivity contribution in [1.82, 2.24) is 0 Å². The Balaban J connectivity index is 2.01. The highest BCUT2D eigenvalue weighted by Gasteiger charge is 2.29. The molecule has 1 aliphatic rings. The van der Waals surface area contributed by atoms with Gasteiger partial charge in [0.25, 0.3) is 0 Å². The van der Waals surface area contributed by atoms with Crippen LogP contribution in [0.25, 0.3) is 0 Å². The van der Waals surface area contributed by atoms with Crippen LogP contribution in [0.5, 0.6) is 0 Å². The molecule has 0 N–H and O–H groups in total. The van der Waals surface area contributed by atoms with E-state index in [1.807, 2.05) is 0 Å². The highest BCUT2D eigenvalue weighted by atomic mass is 31.2. The second-order valence-electron chi connectivity index (χ2n) is 2.97. The summed E-state index contributed by atoms with van der Waals surface area (Å²) in [6.07, 6.45) is 2.55. The molecule has 78 valence electrons. The van der Waals surface area contributed by atoms with Crippen molar-refractivity contribution < 1.29 is 18.3 Å². The molecular weight excluding hydrogens is 191 g/mol. The van der Waals surface area contributed by atoms with Crippen molar-refractivity contribution >= 4 is 7.60 Å². The standard InChI is InChI=1S/C8H17O4P/c1-2-3-4-10-7-8-13(9)11-5-6-12-13/h2-8H2,1H3. The molecule has 0 aliphatic carbocycles. The third-order valence-corrected chi connectivity index (χ3v) is 3.69. The summed E-state index contributed by atoms with van der Waals surface area (Å²) < 4.78 is 26.8. The molecule has 1 aliphatic heterocycles. The predicted octanol–water partition coefficient (Wildman–Crippen LogP) is 2.04. The zero-order chi connectivity index (χ0) is 9.57. The zero-order valence-electron chi connectivity index (χ0n) is 8.03. The van der Waals surface area contributed by atoms with Crippen LogP contribution in [0.2, 0.25) is 0 Å². The fourth-order valence-electron chi connectivity index (χ4n) is 1.04. The molecule has 0 aromatic rings. The average Bonchev–Trinajstić information content (AvgIpc) is 2.53. The summed E-state index contributed by atoms with van der Waals surface area (Å²) >= 11 is 0. The van der Waals surface area contributed by atoms with Gasteiger partial charge in [-0.05, 0) is 6.42 Å². The molecule has 13 heavy (non-hydrogen) atoms. The van der Waals surface area contributed by atoms with E-state index < -0.39 is 7.60 Å². The van der Waals surface area contributed by atoms with Gasteiger partial charge in [0.2, 0.25) is 0 Å². The van der Waals surface area contributed by atoms with Crippen LogP contribution in [0.15, 0.2) is 0 Å². The van der Waals surface area contributed by atoms with Crippen LogP contribution in [0.3, 0.4) is 0 Å². The number of ether oxygens (including phenoxy) is 1. The van der Waals surface area contributed by atoms with Crippen molar-refractivity contribution in [3.63, 3.8) is 0 Å². The summed E-state index contributed by atoms with van der Waals surface area (Å²) in [4.78, 5) is 0. The number of hydrogen-bond acceptors (Lipinski definition) is 4. The summed E-state index contributed by atoms with van der Waals surface area (Å²) in [6, 6.07) is 0. The minimum atomic E-state index is -2.74. The lowest BCUT2D eigenvalue weighted by atomic mass is 10.4. The molecule has 0 amide bonds. The largest absolute Gasteiger partial charge is 0.381 e. The first-order valence-corrected chi connectivity index (χ1v) is 6.45. The highest BCUT2D eigenvalue weighted by molar-refractivity contribution is 7.54. The first-order chi connectivity index (χ1) is 6.27. The van der Waals surface area contributed by atoms with E-state index in [9.17, 15) is 4.57 Å². The van der Waals surface area contributed by atoms with Gasteiger partial charge in [0, 0.05) is 6.61 Å². The first kappa shape index (κ1) is 11.2. The zero-order valence-corrected chi connectivity index (χ0v) is 8.92. The molecule has 1 saturated heterocycles. The van der Waals surface area contributed by atoms with Crippen molar-refractivity contribution in [3.05, 3.63) is 0 Å². The van der Waals surface area contributed by atoms with Crippen molar-refractivity contribution in [3.8, 4) is 0 Å². The van der Waals surface area contributed by atoms with Crippen LogP contribution in [-0.2, 0) is 18.3 Å². The molecule has 0 saturated carbocycles. The first-order valence-electron chi connectivity index (χ1n) is 4.73. The maximum atomic E-state index is 11.5. The number of hydrogen-bond donors (Lipinski definition) is 0. The number of rotatable bonds is 6. The molecule has 0 atom stereocenters. The number of unbranched alkanes of at least 4 members (excludes halogenated alkanes) is 1. The molecule has 0 radical (unpaired) electrons. The van der Waals surface area contributed by atoms with Gasteiger partial charge >= 0.3 is 7.60 Å². The van der Waals surface area contributed by atoms with Crippen molar-refractivity contribution in [2.75, 3.05) is 32.6 Å². The predicted molar refractivity (Wildman–Crippen MR) is 50.1 cm³/mol. The van der Waals surface area contributed by atoms with Crippen molar-refractivity contribution in [2.24, 2.45) is 0 Å². The molecule has 1 fully saturated rings. The Labute approximate surface area is 79.1 Å². The van der Waals surface area contributed by atoms with Gasteiger partial charge < -0.3 is 13.8 Å². The van der Waals surface area contributed by atoms with Crippen LogP contribution >= 0.6 is 7.60 Å². The maximum absolute atomic E-state index is 11.5. The molecule has 0 spiro atoms. The molecule has 5 heteroatoms. The normalized spacial score (nSPS) is 20.7. The summed E-state index contributed by atoms with van der Waals surface area (Å²) in [7, 11) is -2.74. The third kappa shape index (κ3) is 4.23. The van der Waals surface area contributed by atoms with Crippen LogP contribution in [0.1, 0.15) is 19.8 Å². The molecule has 0 unspecified atom stereocenters. The van der Waals surface area contributed by atoms with E-state index >= 15 is 0 Å². The fraction of sp³-hybridized carbons (Fsp3) is 1.00. The monoisotopic (exact) mass is 208 g/mol. The molecule has 0 bridgehead atoms. The lowest BCUT2D eigenvalue weighted by molar-refractivity contribution is 0.142. The Kier molecular flexibility index (Phi) is 4.96. The lowest BCUT2D eigenvalue weighted by Crippen LogP contribution is -2.02. The Morgan fingerprint density at radius 1 is 1.31 bits per heavy atom. The quantitative estimate of drug-likeness (QED) is 0.495. The molecule has 0 aromatic carbocycles. The maximum Gasteiger partial charge on any atom is 0.333 e. The van der Waals surface area contributed by atoms with Gasteiger partial charge in [-0.1, -0.05) is 13.3 Å². The Morgan fingerprint density at radius 2 is 2.00 bits per heavy atom. The Hall–Kier alpha value is 0.110. The van der Waals surface area contributed by atoms with Gasteiger partial charge in [0.1, 0.15) is 0 Å². The van der Waals surface area contributed by atoms with E-state index in [1.54, 1.807) is 0 Å². The third-order valence-electron chi connectivity index (χ3n) is 1.81. The molecule has 4 nitrogen and oxygen atoms in total. The van der Waals surface area contributed by atoms with Crippen LogP contribution < -0.4 is 0 Å². The van der Waals surface area contributed by atoms with E-state index in [0.717, 1.165) is 19.4 Å². The SMILES string of the molecule is CCCCOCCP1(=O)OCCO1. The topological polar surface area (TPSA) is 44.8 Å². The minimum absolute atomic E-state index is 0.386. The molecule has 1 rings (SSSR count). The fourth-order valence-corrected chi connectivity index (χ4v) is 2.43. The van der Waals surface area contributed by atoms with E-state index in [0.29, 0.717) is 26.0 Å². The van der Waals surface area contributed by atoms with Gasteiger partial charge in [-0.15, -0.1) is 0 Å². The van der Waals surface area contributed by atoms with Gasteiger partial charge in [0.05, 0.1) is 26.0 Å². The average molecular weight is 208 g/mol. The van der Waals surface area contributed by atoms with Crippen molar-refractivity contribution in [2.45, 2.75) is 19.8 Å². The van der Waals surface area contributed by atoms with Crippen molar-refractivity contribution in [1.29, 1.82) is 0 Å². The summed E-state index contributed by atoms with van der Waals surface area (Å²) in [5.74, 6) is 0. The Morgan fingerprint density at radius 3 is 2.62 bits per heavy atom. The van der Waals surface area contributed by atoms with Gasteiger partial charge in [-0.25, -0.2) is 0 Å². The Bertz CT molecular complexity index is 173. The smallest absolute Gasteiger partial charge is 0.333 e. The molecular formula is C8H17O4P. The molecule has 0 aromatic heterocycles. The second kappa shape index (κ2) is 5.76. The minimum Gasteiger partial charge on any atom is -0.381 e. The van der Waals surface area contributed by atoms with Gasteiger partial charge in [-0.3, -0.25) is 4.57 Å². The summed E-state index contributed by atoms with van der Waals surface area (Å²) in [5.41, 5.74) is 0. The molecule has 1 heterocycles. The van der Waals surface area contributed by atoms with Crippen LogP contribution in [-0.4, -0.2) is 32.6 Å². The lowest BCUT2D eigenvalue weighted by Gasteiger charge is -2.08. The van der Waals surface area contributed by atoms with E-state index in [2.05, 4.69) is 6.92 Å². The second-order valence-corrected chi connectivity index (χ2v) is 5.15. The van der Waals surface area contributed by atoms with E-state index in [1.165, 1.54) is 0 Å². The van der Waals surface area contributed by atoms with Gasteiger partial charge in [-0.2, -0.15) is 0 Å². The highest BCUT2D eigenvalue weighted by Crippen LogP contribution is 2.51.